The van der Waals surface area contributed by atoms with Crippen molar-refractivity contribution < 1.29 is 4.74 Å². The van der Waals surface area contributed by atoms with Crippen LogP contribution in [-0.4, -0.2) is 42.7 Å². The van der Waals surface area contributed by atoms with Crippen molar-refractivity contribution in [2.24, 2.45) is 0 Å². The van der Waals surface area contributed by atoms with E-state index in [4.69, 9.17) is 4.74 Å². The molecule has 0 bridgehead atoms. The minimum absolute atomic E-state index is 0.697. The lowest BCUT2D eigenvalue weighted by atomic mass is 10.2. The Morgan fingerprint density at radius 3 is 2.50 bits per heavy atom. The van der Waals surface area contributed by atoms with Crippen LogP contribution in [-0.2, 0) is 13.0 Å². The summed E-state index contributed by atoms with van der Waals surface area (Å²) in [4.78, 5) is 6.89. The molecule has 0 aliphatic rings. The molecule has 0 amide bonds. The molecule has 0 saturated carbocycles. The van der Waals surface area contributed by atoms with Gasteiger partial charge in [-0.25, -0.2) is 4.98 Å². The Balaban J connectivity index is 2.59. The zero-order valence-electron chi connectivity index (χ0n) is 13.4. The highest BCUT2D eigenvalue weighted by molar-refractivity contribution is 5.25. The van der Waals surface area contributed by atoms with Gasteiger partial charge < -0.3 is 15.0 Å². The molecule has 4 heteroatoms. The standard InChI is InChI=1S/C16H29N3O/c1-5-15-11-14(13-17-6-2)12-16(18-15)20-10-9-19(7-3)8-4/h11-12,17H,5-10,13H2,1-4H3. The van der Waals surface area contributed by atoms with Crippen LogP contribution in [0, 0.1) is 0 Å². The summed E-state index contributed by atoms with van der Waals surface area (Å²) in [6, 6.07) is 4.20. The number of pyridine rings is 1. The van der Waals surface area contributed by atoms with Gasteiger partial charge >= 0.3 is 0 Å². The molecule has 0 fully saturated rings. The summed E-state index contributed by atoms with van der Waals surface area (Å²) < 4.78 is 5.82. The van der Waals surface area contributed by atoms with Crippen molar-refractivity contribution in [3.05, 3.63) is 23.4 Å². The summed E-state index contributed by atoms with van der Waals surface area (Å²) >= 11 is 0. The number of hydrogen-bond acceptors (Lipinski definition) is 4. The Morgan fingerprint density at radius 1 is 1.15 bits per heavy atom. The number of rotatable bonds is 10. The van der Waals surface area contributed by atoms with Crippen LogP contribution in [0.5, 0.6) is 5.88 Å². The van der Waals surface area contributed by atoms with Gasteiger partial charge in [0, 0.05) is 24.8 Å². The molecular weight excluding hydrogens is 250 g/mol. The number of nitrogens with one attached hydrogen (secondary N) is 1. The fourth-order valence-corrected chi connectivity index (χ4v) is 2.07. The van der Waals surface area contributed by atoms with Crippen molar-refractivity contribution in [1.29, 1.82) is 0 Å². The minimum Gasteiger partial charge on any atom is -0.476 e. The molecule has 0 atom stereocenters. The summed E-state index contributed by atoms with van der Waals surface area (Å²) in [6.07, 6.45) is 0.937. The average Bonchev–Trinajstić information content (AvgIpc) is 2.49. The second kappa shape index (κ2) is 9.72. The molecular formula is C16H29N3O. The topological polar surface area (TPSA) is 37.4 Å². The normalized spacial score (nSPS) is 11.1. The number of aryl methyl sites for hydroxylation is 1. The van der Waals surface area contributed by atoms with Crippen molar-refractivity contribution in [2.45, 2.75) is 40.7 Å². The molecule has 0 radical (unpaired) electrons. The van der Waals surface area contributed by atoms with Crippen LogP contribution >= 0.6 is 0 Å². The highest BCUT2D eigenvalue weighted by atomic mass is 16.5. The van der Waals surface area contributed by atoms with E-state index in [-0.39, 0.29) is 0 Å². The van der Waals surface area contributed by atoms with E-state index in [0.29, 0.717) is 6.61 Å². The van der Waals surface area contributed by atoms with Crippen molar-refractivity contribution in [3.63, 3.8) is 0 Å². The molecule has 1 rings (SSSR count). The molecule has 0 unspecified atom stereocenters. The highest BCUT2D eigenvalue weighted by Gasteiger charge is 2.04. The molecule has 114 valence electrons. The maximum Gasteiger partial charge on any atom is 0.213 e. The fraction of sp³-hybridized carbons (Fsp3) is 0.688. The van der Waals surface area contributed by atoms with Gasteiger partial charge in [0.05, 0.1) is 0 Å². The zero-order valence-corrected chi connectivity index (χ0v) is 13.4. The van der Waals surface area contributed by atoms with E-state index < -0.39 is 0 Å². The van der Waals surface area contributed by atoms with Crippen LogP contribution in [0.25, 0.3) is 0 Å². The fourth-order valence-electron chi connectivity index (χ4n) is 2.07. The largest absolute Gasteiger partial charge is 0.476 e. The first-order valence-corrected chi connectivity index (χ1v) is 7.79. The summed E-state index contributed by atoms with van der Waals surface area (Å²) in [7, 11) is 0. The van der Waals surface area contributed by atoms with E-state index in [0.717, 1.165) is 50.7 Å². The maximum absolute atomic E-state index is 5.82. The smallest absolute Gasteiger partial charge is 0.213 e. The van der Waals surface area contributed by atoms with E-state index in [2.05, 4.69) is 49.0 Å². The molecule has 1 aromatic heterocycles. The van der Waals surface area contributed by atoms with Crippen molar-refractivity contribution in [2.75, 3.05) is 32.8 Å². The quantitative estimate of drug-likeness (QED) is 0.714. The van der Waals surface area contributed by atoms with E-state index in [9.17, 15) is 0 Å². The molecule has 0 aromatic carbocycles. The van der Waals surface area contributed by atoms with Crippen molar-refractivity contribution in [1.82, 2.24) is 15.2 Å². The first kappa shape index (κ1) is 16.9. The Hall–Kier alpha value is -1.13. The van der Waals surface area contributed by atoms with E-state index >= 15 is 0 Å². The molecule has 0 saturated heterocycles. The van der Waals surface area contributed by atoms with Gasteiger partial charge in [-0.1, -0.05) is 27.7 Å². The van der Waals surface area contributed by atoms with Crippen molar-refractivity contribution in [3.8, 4) is 5.88 Å². The first-order chi connectivity index (χ1) is 9.73. The van der Waals surface area contributed by atoms with Crippen LogP contribution in [0.1, 0.15) is 39.0 Å². The average molecular weight is 279 g/mol. The SMILES string of the molecule is CCNCc1cc(CC)nc(OCCN(CC)CC)c1. The van der Waals surface area contributed by atoms with Gasteiger partial charge in [0.15, 0.2) is 0 Å². The summed E-state index contributed by atoms with van der Waals surface area (Å²) in [5.41, 5.74) is 2.34. The zero-order chi connectivity index (χ0) is 14.8. The number of likely N-dealkylation sites (N-methyl/N-ethyl adjacent to an activating group) is 1. The lowest BCUT2D eigenvalue weighted by molar-refractivity contribution is 0.217. The van der Waals surface area contributed by atoms with Crippen LogP contribution in [0.15, 0.2) is 12.1 Å². The summed E-state index contributed by atoms with van der Waals surface area (Å²) in [6.45, 7) is 14.2. The van der Waals surface area contributed by atoms with Gasteiger partial charge in [0.25, 0.3) is 0 Å². The predicted octanol–water partition coefficient (Wildman–Crippen LogP) is 2.47. The van der Waals surface area contributed by atoms with E-state index in [1.807, 2.05) is 6.07 Å². The third-order valence-corrected chi connectivity index (χ3v) is 3.41. The van der Waals surface area contributed by atoms with Crippen LogP contribution in [0.3, 0.4) is 0 Å². The van der Waals surface area contributed by atoms with Crippen LogP contribution < -0.4 is 10.1 Å². The molecule has 0 aliphatic heterocycles. The number of nitrogens with zero attached hydrogens (tertiary/aromatic N) is 2. The molecule has 1 heterocycles. The molecule has 0 aliphatic carbocycles. The summed E-state index contributed by atoms with van der Waals surface area (Å²) in [5, 5.41) is 3.34. The molecule has 1 N–H and O–H groups in total. The Kier molecular flexibility index (Phi) is 8.23. The third-order valence-electron chi connectivity index (χ3n) is 3.41. The van der Waals surface area contributed by atoms with Gasteiger partial charge in [-0.15, -0.1) is 0 Å². The molecule has 1 aromatic rings. The van der Waals surface area contributed by atoms with Gasteiger partial charge in [-0.2, -0.15) is 0 Å². The number of ether oxygens (including phenoxy) is 1. The number of hydrogen-bond donors (Lipinski definition) is 1. The van der Waals surface area contributed by atoms with Gasteiger partial charge in [0.2, 0.25) is 5.88 Å². The Bertz CT molecular complexity index is 378. The first-order valence-electron chi connectivity index (χ1n) is 7.79. The highest BCUT2D eigenvalue weighted by Crippen LogP contribution is 2.13. The number of aromatic nitrogens is 1. The van der Waals surface area contributed by atoms with Crippen molar-refractivity contribution >= 4 is 0 Å². The lowest BCUT2D eigenvalue weighted by Gasteiger charge is -2.18. The van der Waals surface area contributed by atoms with E-state index in [1.54, 1.807) is 0 Å². The summed E-state index contributed by atoms with van der Waals surface area (Å²) in [5.74, 6) is 0.754. The Morgan fingerprint density at radius 2 is 1.90 bits per heavy atom. The maximum atomic E-state index is 5.82. The Labute approximate surface area is 123 Å². The van der Waals surface area contributed by atoms with Crippen LogP contribution in [0.4, 0.5) is 0 Å². The molecule has 0 spiro atoms. The minimum atomic E-state index is 0.697. The van der Waals surface area contributed by atoms with Gasteiger partial charge in [-0.3, -0.25) is 0 Å². The molecule has 20 heavy (non-hydrogen) atoms. The van der Waals surface area contributed by atoms with Gasteiger partial charge in [0.1, 0.15) is 6.61 Å². The third kappa shape index (κ3) is 5.88. The second-order valence-electron chi connectivity index (χ2n) is 4.81. The monoisotopic (exact) mass is 279 g/mol. The van der Waals surface area contributed by atoms with Crippen LogP contribution in [0.2, 0.25) is 0 Å². The molecule has 4 nitrogen and oxygen atoms in total. The van der Waals surface area contributed by atoms with E-state index in [1.165, 1.54) is 5.56 Å². The predicted molar refractivity (Wildman–Crippen MR) is 84.3 cm³/mol. The van der Waals surface area contributed by atoms with Gasteiger partial charge in [-0.05, 0) is 37.7 Å². The lowest BCUT2D eigenvalue weighted by Crippen LogP contribution is -2.28. The second-order valence-corrected chi connectivity index (χ2v) is 4.81.